The van der Waals surface area contributed by atoms with Crippen LogP contribution >= 0.6 is 0 Å². The monoisotopic (exact) mass is 443 g/mol. The van der Waals surface area contributed by atoms with Crippen LogP contribution in [0.15, 0.2) is 72.0 Å². The Bertz CT molecular complexity index is 1550. The number of benzene rings is 2. The molecule has 5 aromatic rings. The zero-order valence-electron chi connectivity index (χ0n) is 18.5. The molecule has 0 amide bonds. The van der Waals surface area contributed by atoms with Gasteiger partial charge in [-0.1, -0.05) is 24.3 Å². The molecule has 0 atom stereocenters. The molecule has 3 aromatic heterocycles. The molecule has 5 rings (SSSR count). The fourth-order valence-electron chi connectivity index (χ4n) is 3.90. The highest BCUT2D eigenvalue weighted by molar-refractivity contribution is 5.92. The summed E-state index contributed by atoms with van der Waals surface area (Å²) in [6.07, 6.45) is 5.28. The molecule has 0 aliphatic heterocycles. The van der Waals surface area contributed by atoms with Crippen molar-refractivity contribution in [2.24, 2.45) is 21.1 Å². The van der Waals surface area contributed by atoms with E-state index in [1.165, 1.54) is 16.7 Å². The van der Waals surface area contributed by atoms with E-state index in [9.17, 15) is 4.79 Å². The first-order valence-corrected chi connectivity index (χ1v) is 10.4. The summed E-state index contributed by atoms with van der Waals surface area (Å²) < 4.78 is 26.0. The van der Waals surface area contributed by atoms with Crippen LogP contribution in [0.1, 0.15) is 5.56 Å². The molecule has 0 saturated heterocycles. The van der Waals surface area contributed by atoms with Gasteiger partial charge in [0.2, 0.25) is 11.4 Å². The highest BCUT2D eigenvalue weighted by Gasteiger charge is 2.15. The van der Waals surface area contributed by atoms with Crippen molar-refractivity contribution in [3.63, 3.8) is 0 Å². The molecular formula is C25H22FN5O2. The smallest absolute Gasteiger partial charge is 0.250 e. The molecule has 8 heteroatoms. The number of hydrogen-bond acceptors (Lipinski definition) is 4. The van der Waals surface area contributed by atoms with E-state index in [0.29, 0.717) is 11.4 Å². The lowest BCUT2D eigenvalue weighted by Crippen LogP contribution is -2.13. The van der Waals surface area contributed by atoms with Gasteiger partial charge in [0, 0.05) is 56.3 Å². The molecule has 0 aliphatic carbocycles. The minimum atomic E-state index is -0.361. The third-order valence-electron chi connectivity index (χ3n) is 5.67. The van der Waals surface area contributed by atoms with Crippen molar-refractivity contribution in [3.05, 3.63) is 89.0 Å². The summed E-state index contributed by atoms with van der Waals surface area (Å²) in [4.78, 5) is 16.2. The maximum Gasteiger partial charge on any atom is 0.250 e. The first-order chi connectivity index (χ1) is 15.9. The Morgan fingerprint density at radius 3 is 2.55 bits per heavy atom. The summed E-state index contributed by atoms with van der Waals surface area (Å²) >= 11 is 0. The Hall–Kier alpha value is -4.20. The number of para-hydroxylation sites is 1. The van der Waals surface area contributed by atoms with Crippen LogP contribution in [-0.4, -0.2) is 23.9 Å². The minimum absolute atomic E-state index is 0.0235. The van der Waals surface area contributed by atoms with Crippen molar-refractivity contribution in [2.75, 3.05) is 0 Å². The number of fused-ring (bicyclic) bond motifs is 1. The van der Waals surface area contributed by atoms with Gasteiger partial charge in [-0.2, -0.15) is 0 Å². The summed E-state index contributed by atoms with van der Waals surface area (Å²) in [6, 6.07) is 14.2. The van der Waals surface area contributed by atoms with Crippen LogP contribution in [0.5, 0.6) is 5.88 Å². The number of halogens is 1. The van der Waals surface area contributed by atoms with Crippen LogP contribution < -0.4 is 10.3 Å². The van der Waals surface area contributed by atoms with E-state index >= 15 is 4.39 Å². The Morgan fingerprint density at radius 1 is 0.939 bits per heavy atom. The first-order valence-electron chi connectivity index (χ1n) is 10.4. The molecule has 0 radical (unpaired) electrons. The maximum atomic E-state index is 15.0. The fraction of sp³-hybridized carbons (Fsp3) is 0.160. The van der Waals surface area contributed by atoms with Crippen molar-refractivity contribution in [2.45, 2.75) is 6.61 Å². The van der Waals surface area contributed by atoms with E-state index < -0.39 is 0 Å². The number of rotatable bonds is 5. The van der Waals surface area contributed by atoms with Gasteiger partial charge < -0.3 is 13.9 Å². The molecule has 0 fully saturated rings. The lowest BCUT2D eigenvalue weighted by molar-refractivity contribution is 0.286. The second-order valence-electron chi connectivity index (χ2n) is 8.01. The average molecular weight is 443 g/mol. The normalized spacial score (nSPS) is 11.3. The van der Waals surface area contributed by atoms with E-state index in [-0.39, 0.29) is 18.0 Å². The predicted molar refractivity (Wildman–Crippen MR) is 124 cm³/mol. The van der Waals surface area contributed by atoms with Gasteiger partial charge in [0.25, 0.3) is 0 Å². The molecule has 166 valence electrons. The molecule has 3 heterocycles. The molecule has 0 aliphatic rings. The Labute approximate surface area is 189 Å². The number of aryl methyl sites for hydroxylation is 3. The second-order valence-corrected chi connectivity index (χ2v) is 8.01. The minimum Gasteiger partial charge on any atom is -0.471 e. The summed E-state index contributed by atoms with van der Waals surface area (Å²) in [5, 5.41) is 4.36. The molecule has 0 bridgehead atoms. The fourth-order valence-corrected chi connectivity index (χ4v) is 3.90. The van der Waals surface area contributed by atoms with Gasteiger partial charge in [0.1, 0.15) is 12.4 Å². The number of aromatic nitrogens is 5. The zero-order valence-corrected chi connectivity index (χ0v) is 18.5. The van der Waals surface area contributed by atoms with Crippen LogP contribution in [-0.2, 0) is 27.7 Å². The third-order valence-corrected chi connectivity index (χ3v) is 5.67. The van der Waals surface area contributed by atoms with Crippen LogP contribution in [0.4, 0.5) is 4.39 Å². The van der Waals surface area contributed by atoms with E-state index in [0.717, 1.165) is 33.3 Å². The van der Waals surface area contributed by atoms with Gasteiger partial charge in [-0.05, 0) is 23.8 Å². The summed E-state index contributed by atoms with van der Waals surface area (Å²) in [5.74, 6) is 0.0119. The van der Waals surface area contributed by atoms with Crippen molar-refractivity contribution in [1.82, 2.24) is 23.9 Å². The number of imidazole rings is 1. The van der Waals surface area contributed by atoms with Crippen molar-refractivity contribution in [3.8, 4) is 28.1 Å². The lowest BCUT2D eigenvalue weighted by atomic mass is 10.0. The molecule has 0 spiro atoms. The summed E-state index contributed by atoms with van der Waals surface area (Å²) in [6.45, 7) is 0.0235. The zero-order chi connectivity index (χ0) is 23.1. The highest BCUT2D eigenvalue weighted by Crippen LogP contribution is 2.31. The van der Waals surface area contributed by atoms with Crippen molar-refractivity contribution < 1.29 is 9.13 Å². The van der Waals surface area contributed by atoms with Gasteiger partial charge in [-0.3, -0.25) is 9.48 Å². The predicted octanol–water partition coefficient (Wildman–Crippen LogP) is 4.06. The van der Waals surface area contributed by atoms with Crippen molar-refractivity contribution in [1.29, 1.82) is 0 Å². The Kier molecular flexibility index (Phi) is 5.05. The highest BCUT2D eigenvalue weighted by atomic mass is 19.1. The van der Waals surface area contributed by atoms with E-state index in [4.69, 9.17) is 4.74 Å². The maximum absolute atomic E-state index is 15.0. The van der Waals surface area contributed by atoms with Gasteiger partial charge in [0.05, 0.1) is 22.9 Å². The SMILES string of the molecule is Cn1cc(-c2ccc(=O)n(C)c2)c(OCc2ccc(-c3cccc4c3ncn4C)cc2F)n1. The van der Waals surface area contributed by atoms with E-state index in [1.807, 2.05) is 42.1 Å². The average Bonchev–Trinajstić information content (AvgIpc) is 3.37. The molecular weight excluding hydrogens is 421 g/mol. The topological polar surface area (TPSA) is 66.9 Å². The molecule has 0 N–H and O–H groups in total. The molecule has 0 saturated carbocycles. The van der Waals surface area contributed by atoms with Gasteiger partial charge in [0.15, 0.2) is 0 Å². The third kappa shape index (κ3) is 3.80. The standard InChI is InChI=1S/C25H22FN5O2/c1-29-12-17(9-10-23(29)32)20-13-31(3)28-25(20)33-14-18-8-7-16(11-21(18)26)19-5-4-6-22-24(19)27-15-30(22)2/h4-13,15H,14H2,1-3H3. The lowest BCUT2D eigenvalue weighted by Gasteiger charge is -2.10. The van der Waals surface area contributed by atoms with E-state index in [1.54, 1.807) is 43.4 Å². The summed E-state index contributed by atoms with van der Waals surface area (Å²) in [7, 11) is 5.40. The quantitative estimate of drug-likeness (QED) is 0.411. The van der Waals surface area contributed by atoms with Crippen LogP contribution in [0.3, 0.4) is 0 Å². The molecule has 2 aromatic carbocycles. The second kappa shape index (κ2) is 8.05. The van der Waals surface area contributed by atoms with Crippen LogP contribution in [0, 0.1) is 5.82 Å². The van der Waals surface area contributed by atoms with Gasteiger partial charge >= 0.3 is 0 Å². The Morgan fingerprint density at radius 2 is 1.76 bits per heavy atom. The first kappa shape index (κ1) is 20.7. The van der Waals surface area contributed by atoms with Crippen molar-refractivity contribution >= 4 is 11.0 Å². The molecule has 33 heavy (non-hydrogen) atoms. The number of pyridine rings is 1. The largest absolute Gasteiger partial charge is 0.471 e. The van der Waals surface area contributed by atoms with E-state index in [2.05, 4.69) is 10.1 Å². The number of nitrogens with zero attached hydrogens (tertiary/aromatic N) is 5. The Balaban J connectivity index is 1.41. The number of hydrogen-bond donors (Lipinski definition) is 0. The molecule has 0 unspecified atom stereocenters. The molecule has 7 nitrogen and oxygen atoms in total. The van der Waals surface area contributed by atoms with Crippen LogP contribution in [0.25, 0.3) is 33.3 Å². The van der Waals surface area contributed by atoms with Crippen LogP contribution in [0.2, 0.25) is 0 Å². The summed E-state index contributed by atoms with van der Waals surface area (Å²) in [5.41, 5.74) is 5.29. The number of ether oxygens (including phenoxy) is 1. The van der Waals surface area contributed by atoms with Gasteiger partial charge in [-0.25, -0.2) is 9.37 Å². The van der Waals surface area contributed by atoms with Gasteiger partial charge in [-0.15, -0.1) is 5.10 Å².